The van der Waals surface area contributed by atoms with Crippen LogP contribution in [-0.4, -0.2) is 14.3 Å². The van der Waals surface area contributed by atoms with Gasteiger partial charge in [-0.15, -0.1) is 0 Å². The van der Waals surface area contributed by atoms with E-state index in [1.807, 2.05) is 31.2 Å². The molecule has 2 heterocycles. The molecule has 1 aromatic carbocycles. The van der Waals surface area contributed by atoms with Gasteiger partial charge in [0.05, 0.1) is 4.92 Å². The Kier molecular flexibility index (Phi) is 3.76. The summed E-state index contributed by atoms with van der Waals surface area (Å²) in [5, 5.41) is 14.2. The van der Waals surface area contributed by atoms with Crippen LogP contribution in [0.3, 0.4) is 0 Å². The molecule has 0 aliphatic rings. The molecule has 2 aromatic heterocycles. The fourth-order valence-corrected chi connectivity index (χ4v) is 2.26. The van der Waals surface area contributed by atoms with Gasteiger partial charge < -0.3 is 5.32 Å². The average Bonchev–Trinajstić information content (AvgIpc) is 2.54. The number of benzene rings is 1. The number of hydrogen-bond acceptors (Lipinski definition) is 5. The largest absolute Gasteiger partial charge is 0.376 e. The summed E-state index contributed by atoms with van der Waals surface area (Å²) in [5.41, 5.74) is 1.17. The number of nitrogens with one attached hydrogen (secondary N) is 1. The molecule has 0 saturated heterocycles. The van der Waals surface area contributed by atoms with Crippen LogP contribution in [0.1, 0.15) is 11.1 Å². The molecule has 3 rings (SSSR count). The summed E-state index contributed by atoms with van der Waals surface area (Å²) >= 11 is 0. The second kappa shape index (κ2) is 5.88. The number of nitrogens with zero attached hydrogens (tertiary/aromatic N) is 3. The maximum absolute atomic E-state index is 12.3. The molecule has 0 amide bonds. The van der Waals surface area contributed by atoms with E-state index in [-0.39, 0.29) is 5.82 Å². The van der Waals surface area contributed by atoms with Gasteiger partial charge in [-0.2, -0.15) is 0 Å². The minimum atomic E-state index is -0.702. The number of aromatic nitrogens is 2. The third-order valence-electron chi connectivity index (χ3n) is 3.47. The van der Waals surface area contributed by atoms with Gasteiger partial charge in [0.25, 0.3) is 0 Å². The van der Waals surface area contributed by atoms with Crippen molar-refractivity contribution in [3.05, 3.63) is 80.3 Å². The molecule has 7 nitrogen and oxygen atoms in total. The molecule has 0 bridgehead atoms. The van der Waals surface area contributed by atoms with Gasteiger partial charge in [0.1, 0.15) is 5.65 Å². The normalized spacial score (nSPS) is 10.7. The topological polar surface area (TPSA) is 89.5 Å². The highest BCUT2D eigenvalue weighted by atomic mass is 16.6. The second-order valence-corrected chi connectivity index (χ2v) is 5.14. The number of anilines is 1. The Hall–Kier alpha value is -3.22. The third-order valence-corrected chi connectivity index (χ3v) is 3.47. The first-order chi connectivity index (χ1) is 11.1. The second-order valence-electron chi connectivity index (χ2n) is 5.14. The summed E-state index contributed by atoms with van der Waals surface area (Å²) in [6, 6.07) is 12.7. The standard InChI is InChI=1S/C16H14N4O3/c1-11-5-7-12(8-6-11)10-17-15-14(20(22)23)16(21)19-9-3-2-4-13(19)18-15/h2-9,17H,10H2,1H3. The first-order valence-corrected chi connectivity index (χ1v) is 7.01. The highest BCUT2D eigenvalue weighted by molar-refractivity contribution is 5.59. The number of nitro groups is 1. The van der Waals surface area contributed by atoms with E-state index >= 15 is 0 Å². The monoisotopic (exact) mass is 310 g/mol. The van der Waals surface area contributed by atoms with E-state index in [9.17, 15) is 14.9 Å². The Balaban J connectivity index is 2.02. The van der Waals surface area contributed by atoms with Crippen molar-refractivity contribution >= 4 is 17.2 Å². The fraction of sp³-hybridized carbons (Fsp3) is 0.125. The Morgan fingerprint density at radius 1 is 1.22 bits per heavy atom. The van der Waals surface area contributed by atoms with Crippen LogP contribution < -0.4 is 10.9 Å². The van der Waals surface area contributed by atoms with Crippen molar-refractivity contribution in [3.63, 3.8) is 0 Å². The molecule has 0 unspecified atom stereocenters. The van der Waals surface area contributed by atoms with Gasteiger partial charge in [0, 0.05) is 12.7 Å². The molecule has 116 valence electrons. The third kappa shape index (κ3) is 2.89. The summed E-state index contributed by atoms with van der Waals surface area (Å²) in [6.07, 6.45) is 1.46. The SMILES string of the molecule is Cc1ccc(CNc2nc3ccccn3c(=O)c2[N+](=O)[O-])cc1. The minimum Gasteiger partial charge on any atom is -0.360 e. The first kappa shape index (κ1) is 14.7. The molecule has 0 aliphatic heterocycles. The quantitative estimate of drug-likeness (QED) is 0.591. The van der Waals surface area contributed by atoms with Gasteiger partial charge in [-0.05, 0) is 24.6 Å². The van der Waals surface area contributed by atoms with E-state index in [4.69, 9.17) is 0 Å². The zero-order chi connectivity index (χ0) is 16.4. The number of pyridine rings is 1. The van der Waals surface area contributed by atoms with E-state index < -0.39 is 16.2 Å². The van der Waals surface area contributed by atoms with Gasteiger partial charge in [-0.3, -0.25) is 19.3 Å². The Bertz CT molecular complexity index is 932. The minimum absolute atomic E-state index is 0.0215. The van der Waals surface area contributed by atoms with Gasteiger partial charge in [0.2, 0.25) is 5.82 Å². The number of fused-ring (bicyclic) bond motifs is 1. The van der Waals surface area contributed by atoms with Crippen LogP contribution in [0.4, 0.5) is 11.5 Å². The van der Waals surface area contributed by atoms with Gasteiger partial charge in [-0.1, -0.05) is 35.9 Å². The maximum Gasteiger partial charge on any atom is 0.376 e. The van der Waals surface area contributed by atoms with Crippen molar-refractivity contribution < 1.29 is 4.92 Å². The average molecular weight is 310 g/mol. The fourth-order valence-electron chi connectivity index (χ4n) is 2.26. The summed E-state index contributed by atoms with van der Waals surface area (Å²) in [7, 11) is 0. The lowest BCUT2D eigenvalue weighted by atomic mass is 10.1. The highest BCUT2D eigenvalue weighted by Gasteiger charge is 2.23. The van der Waals surface area contributed by atoms with Crippen LogP contribution in [0.5, 0.6) is 0 Å². The Labute approximate surface area is 131 Å². The van der Waals surface area contributed by atoms with E-state index in [1.54, 1.807) is 18.2 Å². The maximum atomic E-state index is 12.3. The van der Waals surface area contributed by atoms with Crippen molar-refractivity contribution in [2.24, 2.45) is 0 Å². The molecule has 1 N–H and O–H groups in total. The van der Waals surface area contributed by atoms with Crippen LogP contribution in [0.15, 0.2) is 53.5 Å². The van der Waals surface area contributed by atoms with Crippen molar-refractivity contribution in [2.75, 3.05) is 5.32 Å². The van der Waals surface area contributed by atoms with Crippen molar-refractivity contribution in [2.45, 2.75) is 13.5 Å². The van der Waals surface area contributed by atoms with Crippen LogP contribution in [-0.2, 0) is 6.54 Å². The molecular formula is C16H14N4O3. The molecule has 0 saturated carbocycles. The molecule has 7 heteroatoms. The lowest BCUT2D eigenvalue weighted by Crippen LogP contribution is -2.21. The van der Waals surface area contributed by atoms with Crippen molar-refractivity contribution in [3.8, 4) is 0 Å². The highest BCUT2D eigenvalue weighted by Crippen LogP contribution is 2.19. The predicted molar refractivity (Wildman–Crippen MR) is 86.6 cm³/mol. The Morgan fingerprint density at radius 3 is 2.65 bits per heavy atom. The molecule has 0 aliphatic carbocycles. The first-order valence-electron chi connectivity index (χ1n) is 7.01. The molecule has 0 fully saturated rings. The van der Waals surface area contributed by atoms with E-state index in [2.05, 4.69) is 10.3 Å². The van der Waals surface area contributed by atoms with Crippen molar-refractivity contribution in [1.29, 1.82) is 0 Å². The molecular weight excluding hydrogens is 296 g/mol. The molecule has 23 heavy (non-hydrogen) atoms. The van der Waals surface area contributed by atoms with Gasteiger partial charge in [0.15, 0.2) is 0 Å². The summed E-state index contributed by atoms with van der Waals surface area (Å²) in [5.74, 6) is -0.0215. The molecule has 0 atom stereocenters. The predicted octanol–water partition coefficient (Wildman–Crippen LogP) is 2.52. The van der Waals surface area contributed by atoms with Crippen molar-refractivity contribution in [1.82, 2.24) is 9.38 Å². The molecule has 3 aromatic rings. The van der Waals surface area contributed by atoms with Gasteiger partial charge in [-0.25, -0.2) is 4.98 Å². The van der Waals surface area contributed by atoms with E-state index in [0.29, 0.717) is 12.2 Å². The molecule has 0 radical (unpaired) electrons. The van der Waals surface area contributed by atoms with E-state index in [1.165, 1.54) is 6.20 Å². The number of hydrogen-bond donors (Lipinski definition) is 1. The van der Waals surface area contributed by atoms with E-state index in [0.717, 1.165) is 15.5 Å². The number of aryl methyl sites for hydroxylation is 1. The zero-order valence-electron chi connectivity index (χ0n) is 12.4. The number of rotatable bonds is 4. The zero-order valence-corrected chi connectivity index (χ0v) is 12.4. The molecule has 0 spiro atoms. The lowest BCUT2D eigenvalue weighted by Gasteiger charge is -2.08. The van der Waals surface area contributed by atoms with Gasteiger partial charge >= 0.3 is 11.2 Å². The summed E-state index contributed by atoms with van der Waals surface area (Å²) < 4.78 is 1.16. The summed E-state index contributed by atoms with van der Waals surface area (Å²) in [4.78, 5) is 27.0. The summed E-state index contributed by atoms with van der Waals surface area (Å²) in [6.45, 7) is 2.32. The lowest BCUT2D eigenvalue weighted by molar-refractivity contribution is -0.385. The smallest absolute Gasteiger partial charge is 0.360 e. The Morgan fingerprint density at radius 2 is 1.96 bits per heavy atom. The van der Waals surface area contributed by atoms with Crippen LogP contribution in [0.25, 0.3) is 5.65 Å². The van der Waals surface area contributed by atoms with Crippen LogP contribution >= 0.6 is 0 Å². The van der Waals surface area contributed by atoms with Crippen LogP contribution in [0.2, 0.25) is 0 Å². The van der Waals surface area contributed by atoms with Crippen LogP contribution in [0, 0.1) is 17.0 Å².